The monoisotopic (exact) mass is 335 g/mol. The summed E-state index contributed by atoms with van der Waals surface area (Å²) in [5.41, 5.74) is 1.63. The van der Waals surface area contributed by atoms with Crippen LogP contribution in [0.25, 0.3) is 22.6 Å². The van der Waals surface area contributed by atoms with Gasteiger partial charge in [0.15, 0.2) is 5.58 Å². The number of benzene rings is 2. The van der Waals surface area contributed by atoms with Crippen LogP contribution < -0.4 is 0 Å². The van der Waals surface area contributed by atoms with E-state index in [1.165, 1.54) is 24.3 Å². The maximum atomic E-state index is 13.1. The first-order chi connectivity index (χ1) is 9.54. The summed E-state index contributed by atoms with van der Waals surface area (Å²) >= 11 is 3.24. The highest BCUT2D eigenvalue weighted by atomic mass is 79.9. The van der Waals surface area contributed by atoms with Gasteiger partial charge in [-0.25, -0.2) is 14.2 Å². The molecule has 0 unspecified atom stereocenters. The third-order valence-electron chi connectivity index (χ3n) is 2.80. The number of rotatable bonds is 2. The Kier molecular flexibility index (Phi) is 3.02. The maximum Gasteiger partial charge on any atom is 0.335 e. The van der Waals surface area contributed by atoms with Gasteiger partial charge in [0.1, 0.15) is 11.3 Å². The van der Waals surface area contributed by atoms with Crippen molar-refractivity contribution in [3.8, 4) is 11.5 Å². The SMILES string of the molecule is O=C(O)c1ccc2nc(-c3ccc(F)cc3Br)oc2c1. The number of carboxylic acid groups (broad SMARTS) is 1. The number of carboxylic acids is 1. The quantitative estimate of drug-likeness (QED) is 0.765. The summed E-state index contributed by atoms with van der Waals surface area (Å²) in [5.74, 6) is -1.10. The molecule has 1 heterocycles. The van der Waals surface area contributed by atoms with Crippen molar-refractivity contribution in [2.75, 3.05) is 0 Å². The molecule has 0 atom stereocenters. The summed E-state index contributed by atoms with van der Waals surface area (Å²) in [5, 5.41) is 8.93. The molecule has 2 aromatic carbocycles. The zero-order valence-electron chi connectivity index (χ0n) is 9.93. The zero-order valence-corrected chi connectivity index (χ0v) is 11.5. The molecule has 0 fully saturated rings. The van der Waals surface area contributed by atoms with Gasteiger partial charge in [-0.1, -0.05) is 0 Å². The lowest BCUT2D eigenvalue weighted by atomic mass is 10.2. The fourth-order valence-electron chi connectivity index (χ4n) is 1.84. The van der Waals surface area contributed by atoms with Gasteiger partial charge in [-0.2, -0.15) is 0 Å². The number of aromatic nitrogens is 1. The Morgan fingerprint density at radius 3 is 2.75 bits per heavy atom. The molecule has 0 radical (unpaired) electrons. The summed E-state index contributed by atoms with van der Waals surface area (Å²) in [6.07, 6.45) is 0. The molecule has 0 saturated heterocycles. The summed E-state index contributed by atoms with van der Waals surface area (Å²) in [6, 6.07) is 8.60. The van der Waals surface area contributed by atoms with Crippen molar-refractivity contribution < 1.29 is 18.7 Å². The van der Waals surface area contributed by atoms with E-state index in [1.54, 1.807) is 12.1 Å². The van der Waals surface area contributed by atoms with Crippen LogP contribution in [0.5, 0.6) is 0 Å². The van der Waals surface area contributed by atoms with E-state index < -0.39 is 5.97 Å². The molecule has 0 aliphatic heterocycles. The van der Waals surface area contributed by atoms with E-state index in [0.29, 0.717) is 27.0 Å². The summed E-state index contributed by atoms with van der Waals surface area (Å²) < 4.78 is 19.1. The second-order valence-electron chi connectivity index (χ2n) is 4.13. The minimum atomic E-state index is -1.03. The third kappa shape index (κ3) is 2.18. The van der Waals surface area contributed by atoms with Crippen LogP contribution in [-0.4, -0.2) is 16.1 Å². The molecule has 100 valence electrons. The van der Waals surface area contributed by atoms with Crippen molar-refractivity contribution in [1.82, 2.24) is 4.98 Å². The Morgan fingerprint density at radius 1 is 1.25 bits per heavy atom. The molecule has 0 bridgehead atoms. The van der Waals surface area contributed by atoms with Crippen LogP contribution in [0.15, 0.2) is 45.3 Å². The van der Waals surface area contributed by atoms with Crippen LogP contribution in [0.4, 0.5) is 4.39 Å². The van der Waals surface area contributed by atoms with Gasteiger partial charge in [0.05, 0.1) is 11.1 Å². The third-order valence-corrected chi connectivity index (χ3v) is 3.45. The first kappa shape index (κ1) is 12.8. The van der Waals surface area contributed by atoms with Crippen LogP contribution in [0.1, 0.15) is 10.4 Å². The highest BCUT2D eigenvalue weighted by molar-refractivity contribution is 9.10. The van der Waals surface area contributed by atoms with Gasteiger partial charge < -0.3 is 9.52 Å². The molecule has 0 saturated carbocycles. The maximum absolute atomic E-state index is 13.1. The van der Waals surface area contributed by atoms with Crippen LogP contribution >= 0.6 is 15.9 Å². The normalized spacial score (nSPS) is 10.9. The van der Waals surface area contributed by atoms with Crippen molar-refractivity contribution in [3.63, 3.8) is 0 Å². The van der Waals surface area contributed by atoms with Gasteiger partial charge in [-0.15, -0.1) is 0 Å². The number of carbonyl (C=O) groups is 1. The van der Waals surface area contributed by atoms with E-state index in [0.717, 1.165) is 0 Å². The smallest absolute Gasteiger partial charge is 0.335 e. The summed E-state index contributed by atoms with van der Waals surface area (Å²) in [4.78, 5) is 15.2. The first-order valence-corrected chi connectivity index (χ1v) is 6.43. The standard InChI is InChI=1S/C14H7BrFNO3/c15-10-6-8(16)2-3-9(10)13-17-11-4-1-7(14(18)19)5-12(11)20-13/h1-6H,(H,18,19). The number of hydrogen-bond acceptors (Lipinski definition) is 3. The Morgan fingerprint density at radius 2 is 2.05 bits per heavy atom. The highest BCUT2D eigenvalue weighted by Crippen LogP contribution is 2.31. The molecule has 0 spiro atoms. The lowest BCUT2D eigenvalue weighted by Gasteiger charge is -1.98. The molecule has 0 aliphatic carbocycles. The van der Waals surface area contributed by atoms with E-state index in [2.05, 4.69) is 20.9 Å². The van der Waals surface area contributed by atoms with E-state index >= 15 is 0 Å². The number of oxazole rings is 1. The Labute approximate surface area is 121 Å². The number of aromatic carboxylic acids is 1. The van der Waals surface area contributed by atoms with Gasteiger partial charge >= 0.3 is 5.97 Å². The topological polar surface area (TPSA) is 63.3 Å². The molecule has 6 heteroatoms. The van der Waals surface area contributed by atoms with Crippen LogP contribution in [-0.2, 0) is 0 Å². The molecule has 0 amide bonds. The molecule has 1 aromatic heterocycles. The minimum Gasteiger partial charge on any atom is -0.478 e. The molecular weight excluding hydrogens is 329 g/mol. The molecule has 3 aromatic rings. The van der Waals surface area contributed by atoms with E-state index in [1.807, 2.05) is 0 Å². The predicted molar refractivity (Wildman–Crippen MR) is 74.1 cm³/mol. The van der Waals surface area contributed by atoms with Crippen LogP contribution in [0.2, 0.25) is 0 Å². The minimum absolute atomic E-state index is 0.123. The van der Waals surface area contributed by atoms with Crippen LogP contribution in [0, 0.1) is 5.82 Å². The summed E-state index contributed by atoms with van der Waals surface area (Å²) in [7, 11) is 0. The fourth-order valence-corrected chi connectivity index (χ4v) is 2.36. The number of halogens is 2. The van der Waals surface area contributed by atoms with E-state index in [4.69, 9.17) is 9.52 Å². The van der Waals surface area contributed by atoms with Crippen molar-refractivity contribution in [1.29, 1.82) is 0 Å². The lowest BCUT2D eigenvalue weighted by Crippen LogP contribution is -1.94. The van der Waals surface area contributed by atoms with Crippen molar-refractivity contribution in [2.45, 2.75) is 0 Å². The first-order valence-electron chi connectivity index (χ1n) is 5.64. The van der Waals surface area contributed by atoms with Crippen molar-refractivity contribution in [3.05, 3.63) is 52.3 Å². The van der Waals surface area contributed by atoms with Gasteiger partial charge in [0, 0.05) is 4.47 Å². The molecule has 4 nitrogen and oxygen atoms in total. The number of nitrogens with zero attached hydrogens (tertiary/aromatic N) is 1. The Balaban J connectivity index is 2.15. The van der Waals surface area contributed by atoms with Crippen LogP contribution in [0.3, 0.4) is 0 Å². The van der Waals surface area contributed by atoms with E-state index in [-0.39, 0.29) is 11.4 Å². The number of fused-ring (bicyclic) bond motifs is 1. The summed E-state index contributed by atoms with van der Waals surface area (Å²) in [6.45, 7) is 0. The van der Waals surface area contributed by atoms with Gasteiger partial charge in [0.2, 0.25) is 5.89 Å². The van der Waals surface area contributed by atoms with E-state index in [9.17, 15) is 9.18 Å². The molecule has 20 heavy (non-hydrogen) atoms. The largest absolute Gasteiger partial charge is 0.478 e. The molecule has 3 rings (SSSR count). The zero-order chi connectivity index (χ0) is 14.3. The molecule has 1 N–H and O–H groups in total. The van der Waals surface area contributed by atoms with Gasteiger partial charge in [-0.3, -0.25) is 0 Å². The Hall–Kier alpha value is -2.21. The lowest BCUT2D eigenvalue weighted by molar-refractivity contribution is 0.0697. The number of hydrogen-bond donors (Lipinski definition) is 1. The molecule has 0 aliphatic rings. The second kappa shape index (κ2) is 4.72. The highest BCUT2D eigenvalue weighted by Gasteiger charge is 2.13. The van der Waals surface area contributed by atoms with Crippen molar-refractivity contribution in [2.24, 2.45) is 0 Å². The van der Waals surface area contributed by atoms with Gasteiger partial charge in [-0.05, 0) is 52.3 Å². The second-order valence-corrected chi connectivity index (χ2v) is 4.99. The average Bonchev–Trinajstić information content (AvgIpc) is 2.80. The molecular formula is C14H7BrFNO3. The predicted octanol–water partition coefficient (Wildman–Crippen LogP) is 4.09. The van der Waals surface area contributed by atoms with Crippen molar-refractivity contribution >= 4 is 33.0 Å². The fraction of sp³-hybridized carbons (Fsp3) is 0. The Bertz CT molecular complexity index is 828. The van der Waals surface area contributed by atoms with Gasteiger partial charge in [0.25, 0.3) is 0 Å². The average molecular weight is 336 g/mol.